The molecule has 3 heterocycles. The third-order valence-corrected chi connectivity index (χ3v) is 4.73. The van der Waals surface area contributed by atoms with Gasteiger partial charge in [-0.15, -0.1) is 24.2 Å². The maximum atomic E-state index is 12.6. The van der Waals surface area contributed by atoms with Gasteiger partial charge in [-0.05, 0) is 12.1 Å². The maximum Gasteiger partial charge on any atom is 0.233 e. The number of nitrogens with one attached hydrogen (secondary N) is 1. The van der Waals surface area contributed by atoms with Crippen LogP contribution in [0.1, 0.15) is 11.9 Å². The smallest absolute Gasteiger partial charge is 0.233 e. The number of pyridine rings is 1. The second-order valence-electron chi connectivity index (χ2n) is 5.17. The Hall–Kier alpha value is -1.57. The zero-order valence-corrected chi connectivity index (χ0v) is 14.5. The summed E-state index contributed by atoms with van der Waals surface area (Å²) in [7, 11) is 1.96. The van der Waals surface area contributed by atoms with E-state index in [1.165, 1.54) is 0 Å². The van der Waals surface area contributed by atoms with Gasteiger partial charge in [-0.2, -0.15) is 0 Å². The Labute approximate surface area is 146 Å². The third-order valence-electron chi connectivity index (χ3n) is 3.73. The van der Waals surface area contributed by atoms with Crippen LogP contribution in [0.15, 0.2) is 41.8 Å². The highest BCUT2D eigenvalue weighted by Crippen LogP contribution is 2.23. The molecular weight excluding hydrogens is 334 g/mol. The number of aromatic nitrogens is 3. The second kappa shape index (κ2) is 8.33. The number of amides is 1. The lowest BCUT2D eigenvalue weighted by molar-refractivity contribution is -0.131. The number of hydrogen-bond acceptors (Lipinski definition) is 5. The molecule has 0 spiro atoms. The average molecular weight is 354 g/mol. The fraction of sp³-hybridized carbons (Fsp3) is 0.400. The SMILES string of the molecule is Cl.Cn1ccnc1C1CNCCN1C(=O)CSc1ccncc1. The standard InChI is InChI=1S/C15H19N5OS.ClH/c1-19-8-7-18-15(19)13-10-17-6-9-20(13)14(21)11-22-12-2-4-16-5-3-12;/h2-5,7-8,13,17H,6,9-11H2,1H3;1H. The van der Waals surface area contributed by atoms with Gasteiger partial charge in [0.15, 0.2) is 0 Å². The molecule has 1 N–H and O–H groups in total. The lowest BCUT2D eigenvalue weighted by Gasteiger charge is -2.35. The van der Waals surface area contributed by atoms with E-state index in [9.17, 15) is 4.79 Å². The van der Waals surface area contributed by atoms with Crippen LogP contribution in [0.3, 0.4) is 0 Å². The van der Waals surface area contributed by atoms with Gasteiger partial charge in [-0.1, -0.05) is 0 Å². The summed E-state index contributed by atoms with van der Waals surface area (Å²) in [4.78, 5) is 24.0. The molecule has 1 atom stereocenters. The molecule has 2 aromatic heterocycles. The fourth-order valence-corrected chi connectivity index (χ4v) is 3.36. The van der Waals surface area contributed by atoms with Crippen molar-refractivity contribution < 1.29 is 4.79 Å². The first kappa shape index (κ1) is 17.8. The van der Waals surface area contributed by atoms with Gasteiger partial charge in [0.25, 0.3) is 0 Å². The lowest BCUT2D eigenvalue weighted by atomic mass is 10.1. The predicted octanol–water partition coefficient (Wildman–Crippen LogP) is 1.50. The largest absolute Gasteiger partial charge is 0.336 e. The highest BCUT2D eigenvalue weighted by atomic mass is 35.5. The van der Waals surface area contributed by atoms with Crippen LogP contribution in [0, 0.1) is 0 Å². The minimum absolute atomic E-state index is 0. The Balaban J connectivity index is 0.00000192. The topological polar surface area (TPSA) is 63.1 Å². The number of rotatable bonds is 4. The zero-order chi connectivity index (χ0) is 15.4. The van der Waals surface area contributed by atoms with Crippen LogP contribution in [0.2, 0.25) is 0 Å². The van der Waals surface area contributed by atoms with E-state index < -0.39 is 0 Å². The molecule has 6 nitrogen and oxygen atoms in total. The van der Waals surface area contributed by atoms with E-state index >= 15 is 0 Å². The van der Waals surface area contributed by atoms with Gasteiger partial charge < -0.3 is 14.8 Å². The molecule has 0 aromatic carbocycles. The van der Waals surface area contributed by atoms with Crippen LogP contribution < -0.4 is 5.32 Å². The minimum Gasteiger partial charge on any atom is -0.336 e. The quantitative estimate of drug-likeness (QED) is 0.844. The average Bonchev–Trinajstić information content (AvgIpc) is 2.99. The van der Waals surface area contributed by atoms with Gasteiger partial charge in [-0.25, -0.2) is 4.98 Å². The van der Waals surface area contributed by atoms with Crippen molar-refractivity contribution >= 4 is 30.1 Å². The van der Waals surface area contributed by atoms with Gasteiger partial charge in [0, 0.05) is 56.4 Å². The molecular formula is C15H20ClN5OS. The Morgan fingerprint density at radius 2 is 2.17 bits per heavy atom. The Morgan fingerprint density at radius 1 is 1.39 bits per heavy atom. The zero-order valence-electron chi connectivity index (χ0n) is 12.9. The van der Waals surface area contributed by atoms with Crippen molar-refractivity contribution in [1.82, 2.24) is 24.8 Å². The summed E-state index contributed by atoms with van der Waals surface area (Å²) in [5.74, 6) is 1.51. The summed E-state index contributed by atoms with van der Waals surface area (Å²) in [6.07, 6.45) is 7.18. The maximum absolute atomic E-state index is 12.6. The number of carbonyl (C=O) groups is 1. The molecule has 0 bridgehead atoms. The van der Waals surface area contributed by atoms with Gasteiger partial charge >= 0.3 is 0 Å². The summed E-state index contributed by atoms with van der Waals surface area (Å²) >= 11 is 1.55. The molecule has 0 radical (unpaired) electrons. The van der Waals surface area contributed by atoms with Crippen molar-refractivity contribution in [2.45, 2.75) is 10.9 Å². The number of carbonyl (C=O) groups excluding carboxylic acids is 1. The van der Waals surface area contributed by atoms with E-state index in [0.29, 0.717) is 12.3 Å². The molecule has 3 rings (SSSR count). The monoisotopic (exact) mass is 353 g/mol. The normalized spacial score (nSPS) is 17.6. The predicted molar refractivity (Wildman–Crippen MR) is 92.7 cm³/mol. The van der Waals surface area contributed by atoms with E-state index in [2.05, 4.69) is 15.3 Å². The van der Waals surface area contributed by atoms with Gasteiger partial charge in [0.05, 0.1) is 5.75 Å². The van der Waals surface area contributed by atoms with Crippen LogP contribution in [-0.2, 0) is 11.8 Å². The molecule has 1 aliphatic heterocycles. The molecule has 1 unspecified atom stereocenters. The highest BCUT2D eigenvalue weighted by Gasteiger charge is 2.30. The molecule has 1 aliphatic rings. The van der Waals surface area contributed by atoms with Crippen LogP contribution in [0.25, 0.3) is 0 Å². The Morgan fingerprint density at radius 3 is 2.87 bits per heavy atom. The van der Waals surface area contributed by atoms with Crippen LogP contribution in [0.5, 0.6) is 0 Å². The lowest BCUT2D eigenvalue weighted by Crippen LogP contribution is -2.50. The number of imidazole rings is 1. The van der Waals surface area contributed by atoms with E-state index in [-0.39, 0.29) is 24.4 Å². The first-order valence-electron chi connectivity index (χ1n) is 7.26. The first-order chi connectivity index (χ1) is 10.8. The van der Waals surface area contributed by atoms with Gasteiger partial charge in [-0.3, -0.25) is 9.78 Å². The molecule has 1 amide bonds. The number of halogens is 1. The Kier molecular flexibility index (Phi) is 6.44. The van der Waals surface area contributed by atoms with E-state index in [0.717, 1.165) is 23.8 Å². The molecule has 124 valence electrons. The second-order valence-corrected chi connectivity index (χ2v) is 6.22. The van der Waals surface area contributed by atoms with Crippen LogP contribution in [0.4, 0.5) is 0 Å². The number of nitrogens with zero attached hydrogens (tertiary/aromatic N) is 4. The number of thioether (sulfide) groups is 1. The third kappa shape index (κ3) is 4.25. The summed E-state index contributed by atoms with van der Waals surface area (Å²) < 4.78 is 1.98. The Bertz CT molecular complexity index is 636. The molecule has 0 aliphatic carbocycles. The summed E-state index contributed by atoms with van der Waals surface area (Å²) in [5.41, 5.74) is 0. The molecule has 8 heteroatoms. The van der Waals surface area contributed by atoms with Crippen LogP contribution >= 0.6 is 24.2 Å². The van der Waals surface area contributed by atoms with Crippen molar-refractivity contribution in [2.24, 2.45) is 7.05 Å². The van der Waals surface area contributed by atoms with Gasteiger partial charge in [0.2, 0.25) is 5.91 Å². The molecule has 23 heavy (non-hydrogen) atoms. The molecule has 1 fully saturated rings. The molecule has 1 saturated heterocycles. The van der Waals surface area contributed by atoms with Crippen molar-refractivity contribution in [3.05, 3.63) is 42.7 Å². The van der Waals surface area contributed by atoms with Gasteiger partial charge in [0.1, 0.15) is 11.9 Å². The fourth-order valence-electron chi connectivity index (χ4n) is 2.59. The van der Waals surface area contributed by atoms with Crippen molar-refractivity contribution in [2.75, 3.05) is 25.4 Å². The summed E-state index contributed by atoms with van der Waals surface area (Å²) in [6, 6.07) is 3.84. The highest BCUT2D eigenvalue weighted by molar-refractivity contribution is 8.00. The number of aryl methyl sites for hydroxylation is 1. The van der Waals surface area contributed by atoms with E-state index in [4.69, 9.17) is 0 Å². The number of piperazine rings is 1. The van der Waals surface area contributed by atoms with Crippen molar-refractivity contribution in [1.29, 1.82) is 0 Å². The van der Waals surface area contributed by atoms with E-state index in [1.54, 1.807) is 30.4 Å². The summed E-state index contributed by atoms with van der Waals surface area (Å²) in [5, 5.41) is 3.35. The molecule has 0 saturated carbocycles. The summed E-state index contributed by atoms with van der Waals surface area (Å²) in [6.45, 7) is 2.29. The number of hydrogen-bond donors (Lipinski definition) is 1. The van der Waals surface area contributed by atoms with Crippen molar-refractivity contribution in [3.8, 4) is 0 Å². The van der Waals surface area contributed by atoms with E-state index in [1.807, 2.05) is 34.8 Å². The first-order valence-corrected chi connectivity index (χ1v) is 8.24. The van der Waals surface area contributed by atoms with Crippen molar-refractivity contribution in [3.63, 3.8) is 0 Å². The minimum atomic E-state index is -0.000657. The molecule has 2 aromatic rings. The van der Waals surface area contributed by atoms with Crippen LogP contribution in [-0.4, -0.2) is 50.7 Å².